The highest BCUT2D eigenvalue weighted by atomic mass is 16.1. The van der Waals surface area contributed by atoms with E-state index < -0.39 is 0 Å². The van der Waals surface area contributed by atoms with Crippen LogP contribution in [0.4, 0.5) is 0 Å². The van der Waals surface area contributed by atoms with Crippen molar-refractivity contribution in [3.05, 3.63) is 12.2 Å². The summed E-state index contributed by atoms with van der Waals surface area (Å²) >= 11 is 0. The lowest BCUT2D eigenvalue weighted by atomic mass is 10.1. The number of unbranched alkanes of at least 4 members (excludes halogenated alkanes) is 9. The summed E-state index contributed by atoms with van der Waals surface area (Å²) in [7, 11) is 0. The zero-order valence-corrected chi connectivity index (χ0v) is 10.8. The number of hydrogen-bond donors (Lipinski definition) is 0. The molecule has 0 unspecified atom stereocenters. The molecule has 16 heavy (non-hydrogen) atoms. The average Bonchev–Trinajstić information content (AvgIpc) is 2.31. The van der Waals surface area contributed by atoms with E-state index in [0.29, 0.717) is 6.42 Å². The normalized spacial score (nSPS) is 11.1. The molecule has 0 saturated heterocycles. The molecule has 93 valence electrons. The third-order valence-corrected chi connectivity index (χ3v) is 2.79. The first-order chi connectivity index (χ1) is 7.91. The Balaban J connectivity index is 3.00. The molecule has 0 saturated carbocycles. The van der Waals surface area contributed by atoms with E-state index in [2.05, 4.69) is 19.1 Å². The molecule has 1 heteroatoms. The van der Waals surface area contributed by atoms with Crippen LogP contribution in [0.5, 0.6) is 0 Å². The minimum Gasteiger partial charge on any atom is -0.291 e. The van der Waals surface area contributed by atoms with E-state index in [1.54, 1.807) is 0 Å². The van der Waals surface area contributed by atoms with Crippen molar-refractivity contribution >= 4 is 6.29 Å². The van der Waals surface area contributed by atoms with Crippen LogP contribution in [-0.2, 0) is 4.79 Å². The minimum absolute atomic E-state index is 0.618. The van der Waals surface area contributed by atoms with Gasteiger partial charge in [0.05, 0.1) is 0 Å². The summed E-state index contributed by atoms with van der Waals surface area (Å²) in [4.78, 5) is 9.95. The largest absolute Gasteiger partial charge is 0.291 e. The van der Waals surface area contributed by atoms with Gasteiger partial charge in [-0.3, -0.25) is 4.79 Å². The molecular formula is C15H27O. The Morgan fingerprint density at radius 3 is 1.94 bits per heavy atom. The van der Waals surface area contributed by atoms with Crippen molar-refractivity contribution in [2.24, 2.45) is 0 Å². The first-order valence-corrected chi connectivity index (χ1v) is 6.91. The van der Waals surface area contributed by atoms with Gasteiger partial charge in [-0.05, 0) is 32.1 Å². The van der Waals surface area contributed by atoms with Crippen LogP contribution < -0.4 is 0 Å². The van der Waals surface area contributed by atoms with Crippen molar-refractivity contribution in [1.82, 2.24) is 0 Å². The maximum absolute atomic E-state index is 9.95. The highest BCUT2D eigenvalue weighted by molar-refractivity contribution is 5.50. The van der Waals surface area contributed by atoms with Crippen molar-refractivity contribution in [1.29, 1.82) is 0 Å². The van der Waals surface area contributed by atoms with Crippen LogP contribution in [0.15, 0.2) is 12.2 Å². The van der Waals surface area contributed by atoms with E-state index in [1.807, 2.05) is 6.29 Å². The highest BCUT2D eigenvalue weighted by Gasteiger charge is 1.89. The fourth-order valence-corrected chi connectivity index (χ4v) is 1.74. The van der Waals surface area contributed by atoms with Gasteiger partial charge in [-0.2, -0.15) is 0 Å². The van der Waals surface area contributed by atoms with Gasteiger partial charge < -0.3 is 0 Å². The van der Waals surface area contributed by atoms with E-state index in [4.69, 9.17) is 0 Å². The van der Waals surface area contributed by atoms with Crippen LogP contribution in [0.2, 0.25) is 0 Å². The Bertz CT molecular complexity index is 161. The summed E-state index contributed by atoms with van der Waals surface area (Å²) in [5.41, 5.74) is 0. The molecule has 0 aliphatic rings. The standard InChI is InChI=1S/C15H27O/c1-2-3-4-5-6-7-8-9-10-11-12-13-14-15-16/h7-8H,2-6,9-14H2,1H3/b8-7+. The summed E-state index contributed by atoms with van der Waals surface area (Å²) in [6, 6.07) is 0. The number of hydrogen-bond acceptors (Lipinski definition) is 1. The van der Waals surface area contributed by atoms with Crippen molar-refractivity contribution < 1.29 is 4.79 Å². The zero-order chi connectivity index (χ0) is 11.9. The lowest BCUT2D eigenvalue weighted by molar-refractivity contribution is 0.544. The smallest absolute Gasteiger partial charge is 0.198 e. The van der Waals surface area contributed by atoms with E-state index in [9.17, 15) is 4.79 Å². The van der Waals surface area contributed by atoms with Crippen molar-refractivity contribution in [2.45, 2.75) is 77.6 Å². The quantitative estimate of drug-likeness (QED) is 0.337. The molecule has 0 bridgehead atoms. The number of allylic oxidation sites excluding steroid dienone is 2. The van der Waals surface area contributed by atoms with Crippen LogP contribution in [-0.4, -0.2) is 6.29 Å². The maximum Gasteiger partial charge on any atom is 0.198 e. The molecule has 0 heterocycles. The third-order valence-electron chi connectivity index (χ3n) is 2.79. The second-order valence-corrected chi connectivity index (χ2v) is 4.42. The molecule has 0 rings (SSSR count). The molecule has 0 amide bonds. The van der Waals surface area contributed by atoms with Crippen LogP contribution in [0.3, 0.4) is 0 Å². The van der Waals surface area contributed by atoms with Crippen molar-refractivity contribution in [3.63, 3.8) is 0 Å². The van der Waals surface area contributed by atoms with Gasteiger partial charge in [0, 0.05) is 6.42 Å². The second kappa shape index (κ2) is 14.4. The second-order valence-electron chi connectivity index (χ2n) is 4.42. The summed E-state index contributed by atoms with van der Waals surface area (Å²) in [5, 5.41) is 0. The molecule has 1 radical (unpaired) electrons. The monoisotopic (exact) mass is 223 g/mol. The molecule has 0 fully saturated rings. The molecule has 0 aromatic carbocycles. The molecule has 0 aliphatic carbocycles. The van der Waals surface area contributed by atoms with Crippen LogP contribution in [0.1, 0.15) is 77.6 Å². The van der Waals surface area contributed by atoms with E-state index in [1.165, 1.54) is 57.8 Å². The lowest BCUT2D eigenvalue weighted by Gasteiger charge is -1.96. The van der Waals surface area contributed by atoms with Gasteiger partial charge in [-0.1, -0.05) is 51.2 Å². The Labute approximate surface area is 101 Å². The highest BCUT2D eigenvalue weighted by Crippen LogP contribution is 2.07. The van der Waals surface area contributed by atoms with Gasteiger partial charge in [0.1, 0.15) is 0 Å². The van der Waals surface area contributed by atoms with E-state index in [0.717, 1.165) is 6.42 Å². The predicted molar refractivity (Wildman–Crippen MR) is 71.3 cm³/mol. The van der Waals surface area contributed by atoms with Crippen molar-refractivity contribution in [3.8, 4) is 0 Å². The average molecular weight is 223 g/mol. The van der Waals surface area contributed by atoms with E-state index >= 15 is 0 Å². The molecular weight excluding hydrogens is 196 g/mol. The van der Waals surface area contributed by atoms with Crippen LogP contribution in [0, 0.1) is 0 Å². The van der Waals surface area contributed by atoms with Gasteiger partial charge in [-0.25, -0.2) is 0 Å². The predicted octanol–water partition coefficient (Wildman–Crippen LogP) is 4.96. The lowest BCUT2D eigenvalue weighted by Crippen LogP contribution is -1.79. The Kier molecular flexibility index (Phi) is 13.9. The summed E-state index contributed by atoms with van der Waals surface area (Å²) in [5.74, 6) is 0. The first kappa shape index (κ1) is 15.4. The molecule has 0 aromatic rings. The molecule has 1 nitrogen and oxygen atoms in total. The fraction of sp³-hybridized carbons (Fsp3) is 0.800. The molecule has 0 aromatic heterocycles. The SMILES string of the molecule is CCCCCC/C=C/CCCCCC[C]=O. The molecule has 0 N–H and O–H groups in total. The fourth-order valence-electron chi connectivity index (χ4n) is 1.74. The van der Waals surface area contributed by atoms with Crippen LogP contribution >= 0.6 is 0 Å². The molecule has 0 atom stereocenters. The van der Waals surface area contributed by atoms with Gasteiger partial charge in [0.2, 0.25) is 0 Å². The zero-order valence-electron chi connectivity index (χ0n) is 10.8. The summed E-state index contributed by atoms with van der Waals surface area (Å²) < 4.78 is 0. The number of rotatable bonds is 12. The van der Waals surface area contributed by atoms with Gasteiger partial charge in [0.15, 0.2) is 6.29 Å². The Morgan fingerprint density at radius 2 is 1.38 bits per heavy atom. The van der Waals surface area contributed by atoms with Gasteiger partial charge >= 0.3 is 0 Å². The van der Waals surface area contributed by atoms with Crippen LogP contribution in [0.25, 0.3) is 0 Å². The molecule has 0 spiro atoms. The summed E-state index contributed by atoms with van der Waals surface area (Å²) in [6.45, 7) is 2.25. The first-order valence-electron chi connectivity index (χ1n) is 6.91. The number of carbonyl (C=O) groups excluding carboxylic acids is 1. The summed E-state index contributed by atoms with van der Waals surface area (Å²) in [6.07, 6.45) is 19.8. The van der Waals surface area contributed by atoms with Crippen molar-refractivity contribution in [2.75, 3.05) is 0 Å². The topological polar surface area (TPSA) is 17.1 Å². The third kappa shape index (κ3) is 13.4. The maximum atomic E-state index is 9.95. The Morgan fingerprint density at radius 1 is 0.812 bits per heavy atom. The van der Waals surface area contributed by atoms with Gasteiger partial charge in [0.25, 0.3) is 0 Å². The van der Waals surface area contributed by atoms with Gasteiger partial charge in [-0.15, -0.1) is 0 Å². The molecule has 0 aliphatic heterocycles. The Hall–Kier alpha value is -0.590. The van der Waals surface area contributed by atoms with E-state index in [-0.39, 0.29) is 0 Å². The minimum atomic E-state index is 0.618.